The van der Waals surface area contributed by atoms with Crippen molar-refractivity contribution in [1.29, 1.82) is 0 Å². The van der Waals surface area contributed by atoms with Crippen LogP contribution in [0.4, 0.5) is 4.79 Å². The fraction of sp³-hybridized carbons (Fsp3) is 0.857. The lowest BCUT2D eigenvalue weighted by molar-refractivity contribution is -0.137. The highest BCUT2D eigenvalue weighted by atomic mass is 16.4. The number of amides is 2. The van der Waals surface area contributed by atoms with Crippen molar-refractivity contribution in [2.24, 2.45) is 11.8 Å². The van der Waals surface area contributed by atoms with Crippen molar-refractivity contribution >= 4 is 12.0 Å². The molecule has 1 rings (SSSR count). The number of hydrogen-bond donors (Lipinski definition) is 3. The van der Waals surface area contributed by atoms with Gasteiger partial charge < -0.3 is 15.7 Å². The molecular formula is C14H26N2O3. The van der Waals surface area contributed by atoms with Crippen LogP contribution in [0.2, 0.25) is 0 Å². The number of nitrogens with one attached hydrogen (secondary N) is 2. The lowest BCUT2D eigenvalue weighted by Gasteiger charge is -2.13. The Kier molecular flexibility index (Phi) is 7.30. The first-order chi connectivity index (χ1) is 9.08. The Morgan fingerprint density at radius 1 is 1.21 bits per heavy atom. The summed E-state index contributed by atoms with van der Waals surface area (Å²) < 4.78 is 0. The molecule has 3 N–H and O–H groups in total. The van der Waals surface area contributed by atoms with Crippen LogP contribution in [0.3, 0.4) is 0 Å². The number of aliphatic carboxylic acids is 1. The second kappa shape index (κ2) is 8.77. The van der Waals surface area contributed by atoms with Crippen molar-refractivity contribution in [1.82, 2.24) is 10.6 Å². The predicted octanol–water partition coefficient (Wildman–Crippen LogP) is 2.37. The zero-order valence-corrected chi connectivity index (χ0v) is 11.8. The Balaban J connectivity index is 1.98. The van der Waals surface area contributed by atoms with E-state index in [9.17, 15) is 9.59 Å². The summed E-state index contributed by atoms with van der Waals surface area (Å²) in [5, 5.41) is 14.3. The van der Waals surface area contributed by atoms with Gasteiger partial charge in [0.1, 0.15) is 0 Å². The van der Waals surface area contributed by atoms with E-state index in [4.69, 9.17) is 5.11 Å². The van der Waals surface area contributed by atoms with E-state index in [0.717, 1.165) is 13.0 Å². The molecule has 1 saturated carbocycles. The quantitative estimate of drug-likeness (QED) is 0.633. The third-order valence-electron chi connectivity index (χ3n) is 3.80. The van der Waals surface area contributed by atoms with Crippen molar-refractivity contribution < 1.29 is 14.7 Å². The molecule has 0 aliphatic heterocycles. The molecule has 0 aromatic carbocycles. The van der Waals surface area contributed by atoms with Crippen molar-refractivity contribution in [2.75, 3.05) is 13.1 Å². The Bertz CT molecular complexity index is 288. The molecular weight excluding hydrogens is 244 g/mol. The van der Waals surface area contributed by atoms with Crippen LogP contribution in [0.15, 0.2) is 0 Å². The molecule has 2 amide bonds. The summed E-state index contributed by atoms with van der Waals surface area (Å²) in [6.45, 7) is 3.40. The molecule has 5 nitrogen and oxygen atoms in total. The van der Waals surface area contributed by atoms with Gasteiger partial charge >= 0.3 is 12.0 Å². The highest BCUT2D eigenvalue weighted by Crippen LogP contribution is 2.23. The fourth-order valence-corrected chi connectivity index (χ4v) is 2.46. The van der Waals surface area contributed by atoms with Crippen LogP contribution in [-0.2, 0) is 4.79 Å². The Morgan fingerprint density at radius 2 is 1.89 bits per heavy atom. The number of carbonyl (C=O) groups is 2. The normalized spacial score (nSPS) is 17.1. The first-order valence-corrected chi connectivity index (χ1v) is 7.31. The van der Waals surface area contributed by atoms with Crippen LogP contribution < -0.4 is 10.6 Å². The van der Waals surface area contributed by atoms with Gasteiger partial charge in [0.05, 0.1) is 0 Å². The van der Waals surface area contributed by atoms with Crippen molar-refractivity contribution in [3.63, 3.8) is 0 Å². The number of carbonyl (C=O) groups excluding carboxylic acids is 1. The highest BCUT2D eigenvalue weighted by Gasteiger charge is 2.15. The molecule has 0 radical (unpaired) electrons. The summed E-state index contributed by atoms with van der Waals surface area (Å²) in [6, 6.07) is -0.0997. The van der Waals surface area contributed by atoms with E-state index >= 15 is 0 Å². The molecule has 1 aliphatic carbocycles. The number of hydrogen-bond acceptors (Lipinski definition) is 2. The van der Waals surface area contributed by atoms with Crippen LogP contribution in [0.5, 0.6) is 0 Å². The first-order valence-electron chi connectivity index (χ1n) is 7.31. The van der Waals surface area contributed by atoms with E-state index in [2.05, 4.69) is 10.6 Å². The van der Waals surface area contributed by atoms with Crippen LogP contribution in [0.25, 0.3) is 0 Å². The van der Waals surface area contributed by atoms with Gasteiger partial charge in [0.15, 0.2) is 0 Å². The molecule has 0 spiro atoms. The van der Waals surface area contributed by atoms with Gasteiger partial charge in [-0.05, 0) is 37.5 Å². The molecule has 0 aromatic heterocycles. The van der Waals surface area contributed by atoms with Gasteiger partial charge in [0.25, 0.3) is 0 Å². The van der Waals surface area contributed by atoms with Crippen LogP contribution in [0, 0.1) is 11.8 Å². The van der Waals surface area contributed by atoms with Gasteiger partial charge in [-0.15, -0.1) is 0 Å². The summed E-state index contributed by atoms with van der Waals surface area (Å²) in [7, 11) is 0. The van der Waals surface area contributed by atoms with Gasteiger partial charge in [0, 0.05) is 19.5 Å². The summed E-state index contributed by atoms with van der Waals surface area (Å²) in [5.74, 6) is 0.223. The first kappa shape index (κ1) is 15.8. The Morgan fingerprint density at radius 3 is 2.53 bits per heavy atom. The average Bonchev–Trinajstić information content (AvgIpc) is 2.87. The van der Waals surface area contributed by atoms with E-state index < -0.39 is 5.97 Å². The summed E-state index contributed by atoms with van der Waals surface area (Å²) in [6.07, 6.45) is 6.73. The predicted molar refractivity (Wildman–Crippen MR) is 74.0 cm³/mol. The zero-order valence-electron chi connectivity index (χ0n) is 11.8. The van der Waals surface area contributed by atoms with Crippen molar-refractivity contribution in [2.45, 2.75) is 51.9 Å². The standard InChI is InChI=1S/C14H26N2O3/c1-11(6-7-13(17)18)8-9-15-14(19)16-10-12-4-2-3-5-12/h11-12H,2-10H2,1H3,(H,17,18)(H2,15,16,19). The molecule has 0 saturated heterocycles. The second-order valence-electron chi connectivity index (χ2n) is 5.61. The fourth-order valence-electron chi connectivity index (χ4n) is 2.46. The summed E-state index contributed by atoms with van der Waals surface area (Å²) >= 11 is 0. The minimum absolute atomic E-state index is 0.0997. The largest absolute Gasteiger partial charge is 0.481 e. The molecule has 1 unspecified atom stereocenters. The van der Waals surface area contributed by atoms with Crippen LogP contribution in [0.1, 0.15) is 51.9 Å². The van der Waals surface area contributed by atoms with Gasteiger partial charge in [-0.2, -0.15) is 0 Å². The lowest BCUT2D eigenvalue weighted by atomic mass is 10.0. The van der Waals surface area contributed by atoms with Crippen molar-refractivity contribution in [3.8, 4) is 0 Å². The molecule has 0 bridgehead atoms. The molecule has 0 aromatic rings. The van der Waals surface area contributed by atoms with Gasteiger partial charge in [-0.3, -0.25) is 4.79 Å². The molecule has 1 atom stereocenters. The minimum atomic E-state index is -0.755. The lowest BCUT2D eigenvalue weighted by Crippen LogP contribution is -2.38. The van der Waals surface area contributed by atoms with Gasteiger partial charge in [-0.25, -0.2) is 4.79 Å². The third kappa shape index (κ3) is 7.70. The van der Waals surface area contributed by atoms with Crippen LogP contribution >= 0.6 is 0 Å². The van der Waals surface area contributed by atoms with Crippen LogP contribution in [-0.4, -0.2) is 30.2 Å². The summed E-state index contributed by atoms with van der Waals surface area (Å²) in [4.78, 5) is 21.9. The van der Waals surface area contributed by atoms with Gasteiger partial charge in [-0.1, -0.05) is 19.8 Å². The highest BCUT2D eigenvalue weighted by molar-refractivity contribution is 5.73. The topological polar surface area (TPSA) is 78.4 Å². The van der Waals surface area contributed by atoms with E-state index in [-0.39, 0.29) is 12.5 Å². The van der Waals surface area contributed by atoms with E-state index in [0.29, 0.717) is 24.8 Å². The SMILES string of the molecule is CC(CCNC(=O)NCC1CCCC1)CCC(=O)O. The smallest absolute Gasteiger partial charge is 0.314 e. The number of carboxylic acid groups (broad SMARTS) is 1. The maximum absolute atomic E-state index is 11.5. The van der Waals surface area contributed by atoms with E-state index in [1.807, 2.05) is 6.92 Å². The molecule has 5 heteroatoms. The maximum atomic E-state index is 11.5. The monoisotopic (exact) mass is 270 g/mol. The minimum Gasteiger partial charge on any atom is -0.481 e. The Hall–Kier alpha value is -1.26. The maximum Gasteiger partial charge on any atom is 0.314 e. The second-order valence-corrected chi connectivity index (χ2v) is 5.61. The zero-order chi connectivity index (χ0) is 14.1. The molecule has 19 heavy (non-hydrogen) atoms. The third-order valence-corrected chi connectivity index (χ3v) is 3.80. The molecule has 1 aliphatic rings. The number of carboxylic acids is 1. The molecule has 0 heterocycles. The van der Waals surface area contributed by atoms with E-state index in [1.54, 1.807) is 0 Å². The molecule has 1 fully saturated rings. The molecule has 110 valence electrons. The summed E-state index contributed by atoms with van der Waals surface area (Å²) in [5.41, 5.74) is 0. The number of urea groups is 1. The average molecular weight is 270 g/mol. The van der Waals surface area contributed by atoms with Gasteiger partial charge in [0.2, 0.25) is 0 Å². The van der Waals surface area contributed by atoms with Crippen molar-refractivity contribution in [3.05, 3.63) is 0 Å². The number of rotatable bonds is 8. The van der Waals surface area contributed by atoms with E-state index in [1.165, 1.54) is 25.7 Å². The Labute approximate surface area is 115 Å².